The van der Waals surface area contributed by atoms with E-state index in [1.807, 2.05) is 29.2 Å². The van der Waals surface area contributed by atoms with E-state index in [-0.39, 0.29) is 11.5 Å². The summed E-state index contributed by atoms with van der Waals surface area (Å²) in [4.78, 5) is 18.8. The molecule has 0 unspecified atom stereocenters. The van der Waals surface area contributed by atoms with Crippen molar-refractivity contribution in [3.8, 4) is 17.1 Å². The molecule has 0 N–H and O–H groups in total. The standard InChI is InChI=1S/C20H25N3O4/c1-25-16-6-3-2-5-15(16)19-21-17(27-22-19)7-4-8-18(24)23-12-9-20(10-13-23)11-14-26-20/h2-3,5-6H,4,7-14H2,1H3. The van der Waals surface area contributed by atoms with Crippen molar-refractivity contribution in [3.05, 3.63) is 30.2 Å². The molecule has 1 amide bonds. The molecule has 1 aromatic carbocycles. The van der Waals surface area contributed by atoms with Crippen LogP contribution < -0.4 is 4.74 Å². The second-order valence-corrected chi connectivity index (χ2v) is 7.23. The smallest absolute Gasteiger partial charge is 0.226 e. The normalized spacial score (nSPS) is 18.3. The Bertz CT molecular complexity index is 790. The van der Waals surface area contributed by atoms with Crippen LogP contribution in [-0.4, -0.2) is 53.4 Å². The van der Waals surface area contributed by atoms with Crippen LogP contribution >= 0.6 is 0 Å². The third-order valence-corrected chi connectivity index (χ3v) is 5.59. The van der Waals surface area contributed by atoms with E-state index in [4.69, 9.17) is 14.0 Å². The molecule has 2 aliphatic heterocycles. The number of benzene rings is 1. The van der Waals surface area contributed by atoms with E-state index in [0.29, 0.717) is 36.7 Å². The predicted octanol–water partition coefficient (Wildman–Crippen LogP) is 2.85. The SMILES string of the molecule is COc1ccccc1-c1noc(CCCC(=O)N2CCC3(CCO3)CC2)n1. The minimum Gasteiger partial charge on any atom is -0.496 e. The molecule has 0 aliphatic carbocycles. The lowest BCUT2D eigenvalue weighted by Gasteiger charge is -2.47. The number of carbonyl (C=O) groups is 1. The van der Waals surface area contributed by atoms with Gasteiger partial charge in [-0.3, -0.25) is 4.79 Å². The van der Waals surface area contributed by atoms with Crippen LogP contribution in [0.15, 0.2) is 28.8 Å². The van der Waals surface area contributed by atoms with E-state index in [1.54, 1.807) is 7.11 Å². The number of hydrogen-bond acceptors (Lipinski definition) is 6. The number of ether oxygens (including phenoxy) is 2. The first-order valence-corrected chi connectivity index (χ1v) is 9.57. The lowest BCUT2D eigenvalue weighted by Crippen LogP contribution is -2.53. The Morgan fingerprint density at radius 1 is 1.26 bits per heavy atom. The Labute approximate surface area is 158 Å². The van der Waals surface area contributed by atoms with E-state index < -0.39 is 0 Å². The molecular formula is C20H25N3O4. The van der Waals surface area contributed by atoms with Gasteiger partial charge in [-0.25, -0.2) is 0 Å². The maximum Gasteiger partial charge on any atom is 0.226 e. The fourth-order valence-electron chi connectivity index (χ4n) is 3.79. The molecule has 0 saturated carbocycles. The van der Waals surface area contributed by atoms with Crippen molar-refractivity contribution >= 4 is 5.91 Å². The van der Waals surface area contributed by atoms with Crippen molar-refractivity contribution in [1.82, 2.24) is 15.0 Å². The van der Waals surface area contributed by atoms with Gasteiger partial charge in [0.15, 0.2) is 0 Å². The molecule has 1 aromatic heterocycles. The Kier molecular flexibility index (Phi) is 5.11. The third kappa shape index (κ3) is 3.83. The summed E-state index contributed by atoms with van der Waals surface area (Å²) in [5.41, 5.74) is 0.877. The molecule has 2 aromatic rings. The number of hydrogen-bond donors (Lipinski definition) is 0. The summed E-state index contributed by atoms with van der Waals surface area (Å²) >= 11 is 0. The molecule has 4 rings (SSSR count). The topological polar surface area (TPSA) is 77.7 Å². The second-order valence-electron chi connectivity index (χ2n) is 7.23. The number of aryl methyl sites for hydroxylation is 1. The highest BCUT2D eigenvalue weighted by molar-refractivity contribution is 5.76. The molecule has 1 spiro atoms. The number of aromatic nitrogens is 2. The number of para-hydroxylation sites is 1. The van der Waals surface area contributed by atoms with Crippen LogP contribution in [0.4, 0.5) is 0 Å². The van der Waals surface area contributed by atoms with Crippen LogP contribution in [0.5, 0.6) is 5.75 Å². The summed E-state index contributed by atoms with van der Waals surface area (Å²) < 4.78 is 16.4. The van der Waals surface area contributed by atoms with Crippen molar-refractivity contribution in [2.24, 2.45) is 0 Å². The molecule has 2 aliphatic rings. The van der Waals surface area contributed by atoms with Crippen LogP contribution in [0, 0.1) is 0 Å². The number of carbonyl (C=O) groups excluding carboxylic acids is 1. The molecule has 0 atom stereocenters. The van der Waals surface area contributed by atoms with E-state index in [1.165, 1.54) is 0 Å². The monoisotopic (exact) mass is 371 g/mol. The van der Waals surface area contributed by atoms with Gasteiger partial charge < -0.3 is 18.9 Å². The zero-order chi connectivity index (χ0) is 18.7. The van der Waals surface area contributed by atoms with Crippen molar-refractivity contribution in [3.63, 3.8) is 0 Å². The first-order valence-electron chi connectivity index (χ1n) is 9.57. The van der Waals surface area contributed by atoms with Crippen molar-refractivity contribution < 1.29 is 18.8 Å². The Balaban J connectivity index is 1.26. The Morgan fingerprint density at radius 3 is 2.74 bits per heavy atom. The van der Waals surface area contributed by atoms with Gasteiger partial charge in [0.1, 0.15) is 5.75 Å². The van der Waals surface area contributed by atoms with Gasteiger partial charge in [-0.1, -0.05) is 17.3 Å². The molecule has 7 nitrogen and oxygen atoms in total. The van der Waals surface area contributed by atoms with Gasteiger partial charge in [0, 0.05) is 25.9 Å². The number of piperidine rings is 1. The molecule has 144 valence electrons. The maximum atomic E-state index is 12.4. The highest BCUT2D eigenvalue weighted by Gasteiger charge is 2.41. The fourth-order valence-corrected chi connectivity index (χ4v) is 3.79. The van der Waals surface area contributed by atoms with Crippen LogP contribution in [0.2, 0.25) is 0 Å². The summed E-state index contributed by atoms with van der Waals surface area (Å²) in [6.07, 6.45) is 4.86. The van der Waals surface area contributed by atoms with Crippen molar-refractivity contribution in [2.75, 3.05) is 26.8 Å². The van der Waals surface area contributed by atoms with Crippen LogP contribution in [0.3, 0.4) is 0 Å². The molecule has 27 heavy (non-hydrogen) atoms. The number of likely N-dealkylation sites (tertiary alicyclic amines) is 1. The van der Waals surface area contributed by atoms with Gasteiger partial charge in [0.2, 0.25) is 17.6 Å². The quantitative estimate of drug-likeness (QED) is 0.777. The number of rotatable bonds is 6. The molecule has 0 bridgehead atoms. The summed E-state index contributed by atoms with van der Waals surface area (Å²) in [7, 11) is 1.62. The highest BCUT2D eigenvalue weighted by Crippen LogP contribution is 2.36. The van der Waals surface area contributed by atoms with E-state index in [0.717, 1.165) is 44.5 Å². The molecule has 7 heteroatoms. The Hall–Kier alpha value is -2.41. The molecule has 3 heterocycles. The zero-order valence-electron chi connectivity index (χ0n) is 15.6. The van der Waals surface area contributed by atoms with Crippen LogP contribution in [-0.2, 0) is 16.0 Å². The first kappa shape index (κ1) is 18.0. The number of amides is 1. The van der Waals surface area contributed by atoms with E-state index >= 15 is 0 Å². The van der Waals surface area contributed by atoms with E-state index in [2.05, 4.69) is 10.1 Å². The fraction of sp³-hybridized carbons (Fsp3) is 0.550. The first-order chi connectivity index (χ1) is 13.2. The minimum atomic E-state index is 0.0788. The van der Waals surface area contributed by atoms with E-state index in [9.17, 15) is 4.79 Å². The molecule has 2 fully saturated rings. The third-order valence-electron chi connectivity index (χ3n) is 5.59. The van der Waals surface area contributed by atoms with Gasteiger partial charge in [-0.15, -0.1) is 0 Å². The molecular weight excluding hydrogens is 346 g/mol. The maximum absolute atomic E-state index is 12.4. The largest absolute Gasteiger partial charge is 0.496 e. The highest BCUT2D eigenvalue weighted by atomic mass is 16.5. The van der Waals surface area contributed by atoms with Crippen LogP contribution in [0.1, 0.15) is 38.0 Å². The lowest BCUT2D eigenvalue weighted by molar-refractivity contribution is -0.176. The van der Waals surface area contributed by atoms with Gasteiger partial charge in [-0.05, 0) is 37.8 Å². The zero-order valence-corrected chi connectivity index (χ0v) is 15.6. The second kappa shape index (κ2) is 7.68. The minimum absolute atomic E-state index is 0.0788. The summed E-state index contributed by atoms with van der Waals surface area (Å²) in [5, 5.41) is 4.04. The average molecular weight is 371 g/mol. The lowest BCUT2D eigenvalue weighted by atomic mass is 9.84. The average Bonchev–Trinajstić information content (AvgIpc) is 3.15. The predicted molar refractivity (Wildman–Crippen MR) is 98.3 cm³/mol. The molecule has 0 radical (unpaired) electrons. The van der Waals surface area contributed by atoms with Gasteiger partial charge >= 0.3 is 0 Å². The number of methoxy groups -OCH3 is 1. The van der Waals surface area contributed by atoms with Crippen molar-refractivity contribution in [2.45, 2.75) is 44.1 Å². The summed E-state index contributed by atoms with van der Waals surface area (Å²) in [6, 6.07) is 7.56. The number of nitrogens with zero attached hydrogens (tertiary/aromatic N) is 3. The summed E-state index contributed by atoms with van der Waals surface area (Å²) in [5.74, 6) is 1.96. The van der Waals surface area contributed by atoms with Gasteiger partial charge in [0.25, 0.3) is 0 Å². The van der Waals surface area contributed by atoms with Crippen LogP contribution in [0.25, 0.3) is 11.4 Å². The summed E-state index contributed by atoms with van der Waals surface area (Å²) in [6.45, 7) is 2.48. The Morgan fingerprint density at radius 2 is 2.04 bits per heavy atom. The van der Waals surface area contributed by atoms with Gasteiger partial charge in [0.05, 0.1) is 24.9 Å². The van der Waals surface area contributed by atoms with Gasteiger partial charge in [-0.2, -0.15) is 4.98 Å². The van der Waals surface area contributed by atoms with Crippen molar-refractivity contribution in [1.29, 1.82) is 0 Å². The molecule has 2 saturated heterocycles.